The highest BCUT2D eigenvalue weighted by Gasteiger charge is 2.32. The fraction of sp³-hybridized carbons (Fsp3) is 0.375. The highest BCUT2D eigenvalue weighted by atomic mass is 32.2. The van der Waals surface area contributed by atoms with Crippen LogP contribution in [-0.4, -0.2) is 29.1 Å². The van der Waals surface area contributed by atoms with Gasteiger partial charge in [0.2, 0.25) is 0 Å². The Morgan fingerprint density at radius 3 is 2.62 bits per heavy atom. The number of aromatic nitrogens is 2. The Bertz CT molecular complexity index is 1150. The lowest BCUT2D eigenvalue weighted by Crippen LogP contribution is -2.30. The molecular formula is C24H25F3N4O2S. The van der Waals surface area contributed by atoms with Gasteiger partial charge in [0.15, 0.2) is 0 Å². The van der Waals surface area contributed by atoms with Crippen molar-refractivity contribution in [2.24, 2.45) is 0 Å². The van der Waals surface area contributed by atoms with Gasteiger partial charge in [-0.15, -0.1) is 11.8 Å². The molecule has 0 saturated carbocycles. The first-order valence-electron chi connectivity index (χ1n) is 11.0. The summed E-state index contributed by atoms with van der Waals surface area (Å²) >= 11 is 1.35. The minimum absolute atomic E-state index is 0.146. The van der Waals surface area contributed by atoms with E-state index >= 15 is 0 Å². The monoisotopic (exact) mass is 490 g/mol. The quantitative estimate of drug-likeness (QED) is 0.413. The summed E-state index contributed by atoms with van der Waals surface area (Å²) in [6.45, 7) is 5.13. The lowest BCUT2D eigenvalue weighted by Gasteiger charge is -2.31. The Morgan fingerprint density at radius 2 is 1.94 bits per heavy atom. The number of halogens is 3. The van der Waals surface area contributed by atoms with E-state index in [1.165, 1.54) is 17.8 Å². The third kappa shape index (κ3) is 5.38. The third-order valence-corrected chi connectivity index (χ3v) is 6.85. The number of hydrogen-bond donors (Lipinski definition) is 1. The van der Waals surface area contributed by atoms with Gasteiger partial charge in [0.1, 0.15) is 10.8 Å². The number of nitrogens with zero attached hydrogens (tertiary/aromatic N) is 3. The number of amides is 1. The van der Waals surface area contributed by atoms with Gasteiger partial charge in [-0.05, 0) is 63.4 Å². The van der Waals surface area contributed by atoms with Crippen molar-refractivity contribution >= 4 is 29.0 Å². The molecule has 0 bridgehead atoms. The van der Waals surface area contributed by atoms with Crippen molar-refractivity contribution < 1.29 is 22.5 Å². The van der Waals surface area contributed by atoms with Gasteiger partial charge in [-0.2, -0.15) is 13.2 Å². The number of carbonyl (C=O) groups is 1. The maximum absolute atomic E-state index is 13.4. The van der Waals surface area contributed by atoms with Crippen LogP contribution in [0.15, 0.2) is 46.1 Å². The van der Waals surface area contributed by atoms with Crippen molar-refractivity contribution in [1.29, 1.82) is 0 Å². The molecule has 4 rings (SSSR count). The second-order valence-corrected chi connectivity index (χ2v) is 9.14. The van der Waals surface area contributed by atoms with Crippen molar-refractivity contribution in [2.45, 2.75) is 50.1 Å². The first kappa shape index (κ1) is 24.1. The second-order valence-electron chi connectivity index (χ2n) is 8.18. The van der Waals surface area contributed by atoms with Crippen LogP contribution in [0, 0.1) is 13.8 Å². The smallest absolute Gasteiger partial charge is 0.370 e. The zero-order valence-corrected chi connectivity index (χ0v) is 19.7. The molecule has 1 amide bonds. The van der Waals surface area contributed by atoms with Crippen molar-refractivity contribution in [2.75, 3.05) is 23.3 Å². The predicted octanol–water partition coefficient (Wildman–Crippen LogP) is 6.24. The van der Waals surface area contributed by atoms with Gasteiger partial charge < -0.3 is 14.7 Å². The molecule has 180 valence electrons. The molecule has 0 radical (unpaired) electrons. The minimum atomic E-state index is -4.51. The summed E-state index contributed by atoms with van der Waals surface area (Å²) < 4.78 is 45.4. The fourth-order valence-corrected chi connectivity index (χ4v) is 5.08. The molecule has 2 aromatic heterocycles. The Balaban J connectivity index is 1.61. The summed E-state index contributed by atoms with van der Waals surface area (Å²) in [6.07, 6.45) is 0.0681. The normalized spacial score (nSPS) is 14.3. The number of piperidine rings is 1. The first-order chi connectivity index (χ1) is 16.2. The molecule has 1 aliphatic heterocycles. The van der Waals surface area contributed by atoms with Crippen molar-refractivity contribution in [3.05, 3.63) is 64.7 Å². The zero-order chi connectivity index (χ0) is 24.3. The van der Waals surface area contributed by atoms with Crippen molar-refractivity contribution in [3.8, 4) is 0 Å². The van der Waals surface area contributed by atoms with Crippen LogP contribution in [-0.2, 0) is 11.9 Å². The SMILES string of the molecule is Cc1noc(C)c1CSc1ncccc1C(=O)Nc1cc(C(F)(F)F)ccc1N1CCCCC1. The number of pyridine rings is 1. The van der Waals surface area contributed by atoms with E-state index in [-0.39, 0.29) is 5.69 Å². The van der Waals surface area contributed by atoms with E-state index in [2.05, 4.69) is 15.5 Å². The maximum Gasteiger partial charge on any atom is 0.416 e. The molecule has 0 atom stereocenters. The highest BCUT2D eigenvalue weighted by molar-refractivity contribution is 7.98. The van der Waals surface area contributed by atoms with E-state index < -0.39 is 17.6 Å². The van der Waals surface area contributed by atoms with Gasteiger partial charge >= 0.3 is 6.18 Å². The van der Waals surface area contributed by atoms with Crippen LogP contribution >= 0.6 is 11.8 Å². The van der Waals surface area contributed by atoms with Gasteiger partial charge in [0.25, 0.3) is 5.91 Å². The third-order valence-electron chi connectivity index (χ3n) is 5.82. The lowest BCUT2D eigenvalue weighted by atomic mass is 10.1. The van der Waals surface area contributed by atoms with Crippen LogP contribution in [0.3, 0.4) is 0 Å². The van der Waals surface area contributed by atoms with Crippen LogP contribution in [0.4, 0.5) is 24.5 Å². The van der Waals surface area contributed by atoms with Crippen LogP contribution in [0.2, 0.25) is 0 Å². The average molecular weight is 491 g/mol. The topological polar surface area (TPSA) is 71.3 Å². The summed E-state index contributed by atoms with van der Waals surface area (Å²) in [6, 6.07) is 6.77. The van der Waals surface area contributed by atoms with E-state index in [0.717, 1.165) is 55.7 Å². The number of carbonyl (C=O) groups excluding carboxylic acids is 1. The highest BCUT2D eigenvalue weighted by Crippen LogP contribution is 2.37. The van der Waals surface area contributed by atoms with Crippen molar-refractivity contribution in [1.82, 2.24) is 10.1 Å². The number of thioether (sulfide) groups is 1. The molecule has 34 heavy (non-hydrogen) atoms. The molecule has 6 nitrogen and oxygen atoms in total. The van der Waals surface area contributed by atoms with E-state index in [1.807, 2.05) is 18.7 Å². The number of aryl methyl sites for hydroxylation is 2. The number of alkyl halides is 3. The molecule has 3 heterocycles. The minimum Gasteiger partial charge on any atom is -0.370 e. The van der Waals surface area contributed by atoms with Crippen LogP contribution in [0.25, 0.3) is 0 Å². The summed E-state index contributed by atoms with van der Waals surface area (Å²) in [4.78, 5) is 19.6. The number of hydrogen-bond acceptors (Lipinski definition) is 6. The van der Waals surface area contributed by atoms with Gasteiger partial charge in [0.05, 0.1) is 28.2 Å². The molecule has 0 unspecified atom stereocenters. The summed E-state index contributed by atoms with van der Waals surface area (Å²) in [7, 11) is 0. The summed E-state index contributed by atoms with van der Waals surface area (Å²) in [5.74, 6) is 0.690. The molecule has 0 aliphatic carbocycles. The zero-order valence-electron chi connectivity index (χ0n) is 18.9. The van der Waals surface area contributed by atoms with E-state index in [4.69, 9.17) is 4.52 Å². The Labute approximate surface area is 199 Å². The molecule has 3 aromatic rings. The van der Waals surface area contributed by atoms with Crippen LogP contribution in [0.1, 0.15) is 52.2 Å². The van der Waals surface area contributed by atoms with Crippen LogP contribution in [0.5, 0.6) is 0 Å². The molecule has 1 fully saturated rings. The van der Waals surface area contributed by atoms with Gasteiger partial charge in [-0.1, -0.05) is 5.16 Å². The first-order valence-corrected chi connectivity index (χ1v) is 12.0. The molecule has 0 spiro atoms. The second kappa shape index (κ2) is 10.1. The fourth-order valence-electron chi connectivity index (χ4n) is 3.94. The lowest BCUT2D eigenvalue weighted by molar-refractivity contribution is -0.137. The Kier molecular flexibility index (Phi) is 7.16. The molecular weight excluding hydrogens is 465 g/mol. The molecule has 1 aliphatic rings. The van der Waals surface area contributed by atoms with Crippen molar-refractivity contribution in [3.63, 3.8) is 0 Å². The average Bonchev–Trinajstić information content (AvgIpc) is 3.14. The van der Waals surface area contributed by atoms with E-state index in [0.29, 0.717) is 27.8 Å². The number of rotatable bonds is 6. The van der Waals surface area contributed by atoms with E-state index in [1.54, 1.807) is 18.3 Å². The Morgan fingerprint density at radius 1 is 1.18 bits per heavy atom. The summed E-state index contributed by atoms with van der Waals surface area (Å²) in [5.41, 5.74) is 1.92. The number of benzene rings is 1. The Hall–Kier alpha value is -3.01. The maximum atomic E-state index is 13.4. The standard InChI is InChI=1S/C24H25F3N4O2S/c1-15-19(16(2)33-30-15)14-34-23-18(7-6-10-28-23)22(32)29-20-13-17(24(25,26)27)8-9-21(20)31-11-4-3-5-12-31/h6-10,13H,3-5,11-12,14H2,1-2H3,(H,29,32). The number of anilines is 2. The largest absolute Gasteiger partial charge is 0.416 e. The molecule has 10 heteroatoms. The van der Waals surface area contributed by atoms with Gasteiger partial charge in [-0.3, -0.25) is 4.79 Å². The summed E-state index contributed by atoms with van der Waals surface area (Å²) in [5, 5.41) is 7.15. The van der Waals surface area contributed by atoms with Gasteiger partial charge in [0, 0.05) is 30.6 Å². The van der Waals surface area contributed by atoms with Crippen LogP contribution < -0.4 is 10.2 Å². The van der Waals surface area contributed by atoms with E-state index in [9.17, 15) is 18.0 Å². The van der Waals surface area contributed by atoms with Gasteiger partial charge in [-0.25, -0.2) is 4.98 Å². The number of nitrogens with one attached hydrogen (secondary N) is 1. The molecule has 1 aromatic carbocycles. The molecule has 1 saturated heterocycles. The predicted molar refractivity (Wildman–Crippen MR) is 125 cm³/mol. The molecule has 1 N–H and O–H groups in total.